The lowest BCUT2D eigenvalue weighted by Gasteiger charge is -1.98. The molecule has 0 aliphatic rings. The summed E-state index contributed by atoms with van der Waals surface area (Å²) in [4.78, 5) is 4.60. The highest BCUT2D eigenvalue weighted by Crippen LogP contribution is 2.24. The van der Waals surface area contributed by atoms with Crippen LogP contribution >= 0.6 is 22.6 Å². The van der Waals surface area contributed by atoms with Gasteiger partial charge in [0.2, 0.25) is 0 Å². The van der Waals surface area contributed by atoms with Crippen LogP contribution in [0.4, 0.5) is 0 Å². The standard InChI is InChI=1S/C13H9IN2/c14-11-6-2-1-5-10(11)12-9-16-8-4-3-7-13(16)15-12/h1-9H. The Hall–Kier alpha value is -1.36. The molecule has 3 rings (SSSR count). The number of imidazole rings is 1. The van der Waals surface area contributed by atoms with E-state index < -0.39 is 0 Å². The molecule has 0 aliphatic carbocycles. The minimum Gasteiger partial charge on any atom is -0.306 e. The van der Waals surface area contributed by atoms with Gasteiger partial charge < -0.3 is 4.40 Å². The molecule has 2 heterocycles. The fourth-order valence-electron chi connectivity index (χ4n) is 1.73. The Kier molecular flexibility index (Phi) is 2.40. The summed E-state index contributed by atoms with van der Waals surface area (Å²) >= 11 is 2.34. The van der Waals surface area contributed by atoms with Gasteiger partial charge in [-0.25, -0.2) is 4.98 Å². The molecule has 1 aromatic carbocycles. The van der Waals surface area contributed by atoms with E-state index in [0.717, 1.165) is 11.3 Å². The Morgan fingerprint density at radius 3 is 2.62 bits per heavy atom. The van der Waals surface area contributed by atoms with E-state index in [9.17, 15) is 0 Å². The van der Waals surface area contributed by atoms with Gasteiger partial charge in [0.25, 0.3) is 0 Å². The molecule has 0 unspecified atom stereocenters. The predicted molar refractivity (Wildman–Crippen MR) is 73.3 cm³/mol. The van der Waals surface area contributed by atoms with Gasteiger partial charge in [0, 0.05) is 21.5 Å². The van der Waals surface area contributed by atoms with E-state index in [2.05, 4.69) is 45.9 Å². The molecule has 0 saturated heterocycles. The van der Waals surface area contributed by atoms with Crippen molar-refractivity contribution in [3.05, 3.63) is 58.4 Å². The van der Waals surface area contributed by atoms with E-state index in [0.29, 0.717) is 0 Å². The second-order valence-electron chi connectivity index (χ2n) is 3.57. The highest BCUT2D eigenvalue weighted by atomic mass is 127. The molecule has 0 atom stereocenters. The molecule has 0 saturated carbocycles. The highest BCUT2D eigenvalue weighted by Gasteiger charge is 2.06. The van der Waals surface area contributed by atoms with Gasteiger partial charge in [-0.2, -0.15) is 0 Å². The van der Waals surface area contributed by atoms with Gasteiger partial charge in [0.05, 0.1) is 5.69 Å². The summed E-state index contributed by atoms with van der Waals surface area (Å²) in [6, 6.07) is 14.3. The van der Waals surface area contributed by atoms with Gasteiger partial charge in [-0.15, -0.1) is 0 Å². The Morgan fingerprint density at radius 1 is 1.00 bits per heavy atom. The van der Waals surface area contributed by atoms with Crippen molar-refractivity contribution in [2.24, 2.45) is 0 Å². The van der Waals surface area contributed by atoms with Crippen LogP contribution in [-0.4, -0.2) is 9.38 Å². The van der Waals surface area contributed by atoms with Gasteiger partial charge in [0.1, 0.15) is 5.65 Å². The lowest BCUT2D eigenvalue weighted by molar-refractivity contribution is 1.19. The maximum absolute atomic E-state index is 4.60. The zero-order valence-corrected chi connectivity index (χ0v) is 10.6. The summed E-state index contributed by atoms with van der Waals surface area (Å²) in [5.74, 6) is 0. The maximum atomic E-state index is 4.60. The molecule has 0 amide bonds. The summed E-state index contributed by atoms with van der Waals surface area (Å²) in [7, 11) is 0. The summed E-state index contributed by atoms with van der Waals surface area (Å²) in [6.07, 6.45) is 4.08. The number of pyridine rings is 1. The van der Waals surface area contributed by atoms with Crippen LogP contribution in [0.3, 0.4) is 0 Å². The van der Waals surface area contributed by atoms with E-state index in [-0.39, 0.29) is 0 Å². The topological polar surface area (TPSA) is 17.3 Å². The van der Waals surface area contributed by atoms with Crippen molar-refractivity contribution in [2.75, 3.05) is 0 Å². The van der Waals surface area contributed by atoms with Crippen molar-refractivity contribution in [3.63, 3.8) is 0 Å². The molecule has 0 radical (unpaired) electrons. The summed E-state index contributed by atoms with van der Waals surface area (Å²) in [5.41, 5.74) is 3.19. The monoisotopic (exact) mass is 320 g/mol. The lowest BCUT2D eigenvalue weighted by Crippen LogP contribution is -1.80. The van der Waals surface area contributed by atoms with Crippen molar-refractivity contribution in [1.29, 1.82) is 0 Å². The first-order valence-corrected chi connectivity index (χ1v) is 6.11. The minimum atomic E-state index is 0.983. The van der Waals surface area contributed by atoms with Crippen LogP contribution in [0.2, 0.25) is 0 Å². The first kappa shape index (κ1) is 9.84. The van der Waals surface area contributed by atoms with Crippen molar-refractivity contribution >= 4 is 28.2 Å². The van der Waals surface area contributed by atoms with Crippen molar-refractivity contribution in [1.82, 2.24) is 9.38 Å². The molecule has 3 heteroatoms. The van der Waals surface area contributed by atoms with E-state index in [1.54, 1.807) is 0 Å². The lowest BCUT2D eigenvalue weighted by atomic mass is 10.2. The van der Waals surface area contributed by atoms with E-state index in [1.165, 1.54) is 9.13 Å². The Labute approximate surface area is 107 Å². The van der Waals surface area contributed by atoms with Crippen LogP contribution in [0.25, 0.3) is 16.9 Å². The van der Waals surface area contributed by atoms with Gasteiger partial charge in [-0.05, 0) is 40.8 Å². The molecule has 16 heavy (non-hydrogen) atoms. The van der Waals surface area contributed by atoms with Crippen molar-refractivity contribution < 1.29 is 0 Å². The smallest absolute Gasteiger partial charge is 0.137 e. The molecule has 0 aliphatic heterocycles. The highest BCUT2D eigenvalue weighted by molar-refractivity contribution is 14.1. The number of aromatic nitrogens is 2. The largest absolute Gasteiger partial charge is 0.306 e. The normalized spacial score (nSPS) is 10.8. The fourth-order valence-corrected chi connectivity index (χ4v) is 2.40. The van der Waals surface area contributed by atoms with Crippen molar-refractivity contribution in [3.8, 4) is 11.3 Å². The summed E-state index contributed by atoms with van der Waals surface area (Å²) in [5, 5.41) is 0. The number of rotatable bonds is 1. The summed E-state index contributed by atoms with van der Waals surface area (Å²) in [6.45, 7) is 0. The van der Waals surface area contributed by atoms with Crippen molar-refractivity contribution in [2.45, 2.75) is 0 Å². The van der Waals surface area contributed by atoms with E-state index in [4.69, 9.17) is 0 Å². The second-order valence-corrected chi connectivity index (χ2v) is 4.73. The molecule has 2 aromatic heterocycles. The van der Waals surface area contributed by atoms with Crippen LogP contribution in [0.5, 0.6) is 0 Å². The van der Waals surface area contributed by atoms with Crippen LogP contribution in [-0.2, 0) is 0 Å². The first-order valence-electron chi connectivity index (χ1n) is 5.03. The molecule has 0 N–H and O–H groups in total. The molecular formula is C13H9IN2. The zero-order valence-electron chi connectivity index (χ0n) is 8.47. The predicted octanol–water partition coefficient (Wildman–Crippen LogP) is 3.61. The van der Waals surface area contributed by atoms with E-state index in [1.807, 2.05) is 40.9 Å². The maximum Gasteiger partial charge on any atom is 0.137 e. The quantitative estimate of drug-likeness (QED) is 0.626. The van der Waals surface area contributed by atoms with Crippen LogP contribution in [0.15, 0.2) is 54.9 Å². The molecular weight excluding hydrogens is 311 g/mol. The Balaban J connectivity index is 2.23. The Bertz CT molecular complexity index is 610. The molecule has 78 valence electrons. The van der Waals surface area contributed by atoms with Crippen LogP contribution < -0.4 is 0 Å². The average molecular weight is 320 g/mol. The fraction of sp³-hybridized carbons (Fsp3) is 0. The third kappa shape index (κ3) is 1.61. The van der Waals surface area contributed by atoms with Gasteiger partial charge >= 0.3 is 0 Å². The number of nitrogens with zero attached hydrogens (tertiary/aromatic N) is 2. The SMILES string of the molecule is Ic1ccccc1-c1cn2ccccc2n1. The van der Waals surface area contributed by atoms with Gasteiger partial charge in [0.15, 0.2) is 0 Å². The van der Waals surface area contributed by atoms with Gasteiger partial charge in [-0.3, -0.25) is 0 Å². The van der Waals surface area contributed by atoms with Gasteiger partial charge in [-0.1, -0.05) is 24.3 Å². The molecule has 0 bridgehead atoms. The number of hydrogen-bond acceptors (Lipinski definition) is 1. The third-order valence-electron chi connectivity index (χ3n) is 2.51. The minimum absolute atomic E-state index is 0.983. The number of hydrogen-bond donors (Lipinski definition) is 0. The molecule has 3 aromatic rings. The molecule has 0 fully saturated rings. The third-order valence-corrected chi connectivity index (χ3v) is 3.45. The summed E-state index contributed by atoms with van der Waals surface area (Å²) < 4.78 is 3.27. The second kappa shape index (κ2) is 3.90. The van der Waals surface area contributed by atoms with Crippen LogP contribution in [0.1, 0.15) is 0 Å². The molecule has 0 spiro atoms. The average Bonchev–Trinajstić information content (AvgIpc) is 2.73. The first-order chi connectivity index (χ1) is 7.84. The zero-order chi connectivity index (χ0) is 11.0. The van der Waals surface area contributed by atoms with E-state index >= 15 is 0 Å². The molecule has 2 nitrogen and oxygen atoms in total. The Morgan fingerprint density at radius 2 is 1.81 bits per heavy atom. The number of halogens is 1. The number of benzene rings is 1. The number of fused-ring (bicyclic) bond motifs is 1. The van der Waals surface area contributed by atoms with Crippen LogP contribution in [0, 0.1) is 3.57 Å².